The van der Waals surface area contributed by atoms with E-state index in [-0.39, 0.29) is 40.8 Å². The number of rotatable bonds is 5. The van der Waals surface area contributed by atoms with Gasteiger partial charge in [0.25, 0.3) is 0 Å². The number of carbonyl (C=O) groups excluding carboxylic acids is 1. The highest BCUT2D eigenvalue weighted by atomic mass is 35.5. The third kappa shape index (κ3) is 4.96. The minimum absolute atomic E-state index is 0.150. The van der Waals surface area contributed by atoms with Crippen molar-refractivity contribution in [2.75, 3.05) is 18.0 Å². The van der Waals surface area contributed by atoms with Crippen molar-refractivity contribution in [3.63, 3.8) is 0 Å². The molecule has 3 heterocycles. The molecule has 0 aliphatic carbocycles. The molecule has 192 valence electrons. The van der Waals surface area contributed by atoms with Crippen molar-refractivity contribution < 1.29 is 9.18 Å². The SMILES string of the molecule is C#CC(C)(C)Cn1c(=O)nc(N2CC(C)N(C(=O)C=C)CC2C)c2cc(Cl)c(-c3ccccc3F)nc21. The number of pyridine rings is 1. The maximum atomic E-state index is 14.7. The van der Waals surface area contributed by atoms with Crippen LogP contribution in [-0.2, 0) is 11.3 Å². The van der Waals surface area contributed by atoms with Crippen LogP contribution in [0, 0.1) is 23.6 Å². The molecule has 1 amide bonds. The van der Waals surface area contributed by atoms with E-state index in [0.29, 0.717) is 29.9 Å². The highest BCUT2D eigenvalue weighted by Crippen LogP contribution is 2.35. The predicted molar refractivity (Wildman–Crippen MR) is 145 cm³/mol. The molecule has 1 aliphatic heterocycles. The zero-order valence-electron chi connectivity index (χ0n) is 21.3. The van der Waals surface area contributed by atoms with Crippen LogP contribution in [0.15, 0.2) is 47.8 Å². The van der Waals surface area contributed by atoms with E-state index in [1.807, 2.05) is 32.6 Å². The highest BCUT2D eigenvalue weighted by molar-refractivity contribution is 6.33. The molecule has 0 spiro atoms. The van der Waals surface area contributed by atoms with Crippen LogP contribution in [0.3, 0.4) is 0 Å². The van der Waals surface area contributed by atoms with Crippen LogP contribution in [-0.4, -0.2) is 50.5 Å². The molecule has 2 unspecified atom stereocenters. The van der Waals surface area contributed by atoms with Crippen LogP contribution < -0.4 is 10.6 Å². The van der Waals surface area contributed by atoms with Gasteiger partial charge >= 0.3 is 5.69 Å². The fraction of sp³-hybridized carbons (Fsp3) is 0.357. The van der Waals surface area contributed by atoms with Crippen molar-refractivity contribution in [3.05, 3.63) is 64.3 Å². The summed E-state index contributed by atoms with van der Waals surface area (Å²) in [5.41, 5.74) is -0.437. The van der Waals surface area contributed by atoms with Crippen molar-refractivity contribution >= 4 is 34.4 Å². The Morgan fingerprint density at radius 3 is 2.62 bits per heavy atom. The number of carbonyl (C=O) groups is 1. The normalized spacial score (nSPS) is 18.1. The van der Waals surface area contributed by atoms with Gasteiger partial charge in [0.05, 0.1) is 16.1 Å². The van der Waals surface area contributed by atoms with Crippen LogP contribution >= 0.6 is 11.6 Å². The quantitative estimate of drug-likeness (QED) is 0.364. The zero-order valence-corrected chi connectivity index (χ0v) is 22.1. The van der Waals surface area contributed by atoms with E-state index in [1.54, 1.807) is 29.2 Å². The summed E-state index contributed by atoms with van der Waals surface area (Å²) in [6, 6.07) is 7.56. The molecular formula is C28H29ClFN5O2. The van der Waals surface area contributed by atoms with Gasteiger partial charge in [0.15, 0.2) is 0 Å². The molecule has 37 heavy (non-hydrogen) atoms. The lowest BCUT2D eigenvalue weighted by molar-refractivity contribution is -0.128. The molecule has 9 heteroatoms. The van der Waals surface area contributed by atoms with E-state index in [2.05, 4.69) is 17.5 Å². The average Bonchev–Trinajstić information content (AvgIpc) is 2.86. The second-order valence-corrected chi connectivity index (χ2v) is 10.5. The first-order valence-corrected chi connectivity index (χ1v) is 12.4. The van der Waals surface area contributed by atoms with Crippen LogP contribution in [0.1, 0.15) is 27.7 Å². The first-order valence-electron chi connectivity index (χ1n) is 12.0. The number of halogens is 2. The van der Waals surface area contributed by atoms with Crippen LogP contribution in [0.2, 0.25) is 5.02 Å². The number of hydrogen-bond donors (Lipinski definition) is 0. The maximum absolute atomic E-state index is 14.7. The first kappa shape index (κ1) is 26.4. The molecule has 1 aliphatic rings. The van der Waals surface area contributed by atoms with Gasteiger partial charge in [-0.05, 0) is 52.0 Å². The monoisotopic (exact) mass is 521 g/mol. The fourth-order valence-electron chi connectivity index (χ4n) is 4.64. The predicted octanol–water partition coefficient (Wildman–Crippen LogP) is 4.52. The molecule has 2 aromatic heterocycles. The molecule has 1 fully saturated rings. The van der Waals surface area contributed by atoms with Crippen LogP contribution in [0.5, 0.6) is 0 Å². The Morgan fingerprint density at radius 1 is 1.27 bits per heavy atom. The van der Waals surface area contributed by atoms with Crippen molar-refractivity contribution in [3.8, 4) is 23.6 Å². The summed E-state index contributed by atoms with van der Waals surface area (Å²) in [4.78, 5) is 38.7. The first-order chi connectivity index (χ1) is 17.5. The summed E-state index contributed by atoms with van der Waals surface area (Å²) in [6.07, 6.45) is 7.02. The molecule has 0 saturated carbocycles. The molecule has 7 nitrogen and oxygen atoms in total. The number of hydrogen-bond acceptors (Lipinski definition) is 5. The van der Waals surface area contributed by atoms with Gasteiger partial charge in [-0.15, -0.1) is 6.42 Å². The van der Waals surface area contributed by atoms with E-state index in [4.69, 9.17) is 23.0 Å². The number of nitrogens with zero attached hydrogens (tertiary/aromatic N) is 5. The molecule has 0 radical (unpaired) electrons. The molecule has 4 rings (SSSR count). The second kappa shape index (κ2) is 9.98. The van der Waals surface area contributed by atoms with Gasteiger partial charge in [0.1, 0.15) is 17.3 Å². The summed E-state index contributed by atoms with van der Waals surface area (Å²) in [7, 11) is 0. The summed E-state index contributed by atoms with van der Waals surface area (Å²) >= 11 is 6.66. The van der Waals surface area contributed by atoms with Gasteiger partial charge in [0, 0.05) is 42.7 Å². The Bertz CT molecular complexity index is 1490. The van der Waals surface area contributed by atoms with Crippen molar-refractivity contribution in [1.82, 2.24) is 19.4 Å². The molecular weight excluding hydrogens is 493 g/mol. The average molecular weight is 522 g/mol. The van der Waals surface area contributed by atoms with Gasteiger partial charge < -0.3 is 9.80 Å². The van der Waals surface area contributed by atoms with Crippen LogP contribution in [0.4, 0.5) is 10.2 Å². The Morgan fingerprint density at radius 2 is 1.97 bits per heavy atom. The summed E-state index contributed by atoms with van der Waals surface area (Å²) in [5.74, 6) is 2.49. The lowest BCUT2D eigenvalue weighted by atomic mass is 9.95. The fourth-order valence-corrected chi connectivity index (χ4v) is 4.89. The number of anilines is 1. The summed E-state index contributed by atoms with van der Waals surface area (Å²) < 4.78 is 16.1. The smallest absolute Gasteiger partial charge is 0.349 e. The van der Waals surface area contributed by atoms with Crippen molar-refractivity contribution in [2.45, 2.75) is 46.3 Å². The second-order valence-electron chi connectivity index (χ2n) is 10.0. The molecule has 2 atom stereocenters. The molecule has 0 N–H and O–H groups in total. The van der Waals surface area contributed by atoms with Crippen LogP contribution in [0.25, 0.3) is 22.3 Å². The standard InChI is InChI=1S/C28H29ClFN5O2/c1-7-23(36)33-14-18(4)34(15-17(33)3)26-20-13-21(29)24(19-11-9-10-12-22(19)30)31-25(20)35(27(37)32-26)16-28(5,6)8-2/h2,7,9-13,17-18H,1,14-16H2,3-6H3. The number of benzene rings is 1. The number of amides is 1. The Kier molecular flexibility index (Phi) is 7.11. The summed E-state index contributed by atoms with van der Waals surface area (Å²) in [6.45, 7) is 12.2. The minimum atomic E-state index is -0.669. The molecule has 1 saturated heterocycles. The molecule has 3 aromatic rings. The highest BCUT2D eigenvalue weighted by Gasteiger charge is 2.34. The summed E-state index contributed by atoms with van der Waals surface area (Å²) in [5, 5.41) is 0.767. The van der Waals surface area contributed by atoms with Gasteiger partial charge in [-0.3, -0.25) is 9.36 Å². The van der Waals surface area contributed by atoms with E-state index in [9.17, 15) is 14.0 Å². The van der Waals surface area contributed by atoms with Crippen molar-refractivity contribution in [1.29, 1.82) is 0 Å². The van der Waals surface area contributed by atoms with Gasteiger partial charge in [0.2, 0.25) is 5.91 Å². The zero-order chi connectivity index (χ0) is 27.1. The Balaban J connectivity index is 1.95. The third-order valence-electron chi connectivity index (χ3n) is 6.67. The van der Waals surface area contributed by atoms with Gasteiger partial charge in [-0.2, -0.15) is 4.98 Å². The number of aromatic nitrogens is 3. The van der Waals surface area contributed by atoms with Gasteiger partial charge in [-0.1, -0.05) is 36.2 Å². The van der Waals surface area contributed by atoms with E-state index in [0.717, 1.165) is 0 Å². The third-order valence-corrected chi connectivity index (χ3v) is 6.96. The minimum Gasteiger partial charge on any atom is -0.349 e. The number of piperazine rings is 1. The largest absolute Gasteiger partial charge is 0.351 e. The Labute approximate surface area is 220 Å². The number of terminal acetylenes is 1. The lowest BCUT2D eigenvalue weighted by Gasteiger charge is -2.44. The lowest BCUT2D eigenvalue weighted by Crippen LogP contribution is -2.58. The van der Waals surface area contributed by atoms with Gasteiger partial charge in [-0.25, -0.2) is 14.2 Å². The number of fused-ring (bicyclic) bond motifs is 1. The topological polar surface area (TPSA) is 71.3 Å². The molecule has 1 aromatic carbocycles. The van der Waals surface area contributed by atoms with Crippen molar-refractivity contribution in [2.24, 2.45) is 5.41 Å². The maximum Gasteiger partial charge on any atom is 0.351 e. The van der Waals surface area contributed by atoms with E-state index in [1.165, 1.54) is 16.7 Å². The Hall–Kier alpha value is -3.70. The molecule has 0 bridgehead atoms. The van der Waals surface area contributed by atoms with E-state index >= 15 is 0 Å². The van der Waals surface area contributed by atoms with E-state index < -0.39 is 16.9 Å².